The molecule has 1 unspecified atom stereocenters. The molecule has 0 aliphatic rings. The summed E-state index contributed by atoms with van der Waals surface area (Å²) in [7, 11) is 0.522. The van der Waals surface area contributed by atoms with Gasteiger partial charge in [0.2, 0.25) is 0 Å². The number of hydrogen-bond donors (Lipinski definition) is 2. The van der Waals surface area contributed by atoms with E-state index in [1.54, 1.807) is 38.3 Å². The number of amides is 1. The number of carboxylic acids is 1. The summed E-state index contributed by atoms with van der Waals surface area (Å²) >= 11 is 0. The molecule has 2 N–H and O–H groups in total. The second kappa shape index (κ2) is 9.26. The molecule has 2 aromatic carbocycles. The maximum Gasteiger partial charge on any atom is 0.335 e. The van der Waals surface area contributed by atoms with Crippen LogP contribution < -0.4 is 5.32 Å². The van der Waals surface area contributed by atoms with Crippen molar-refractivity contribution in [2.75, 3.05) is 24.8 Å². The fourth-order valence-corrected chi connectivity index (χ4v) is 3.46. The summed E-state index contributed by atoms with van der Waals surface area (Å²) in [5.41, 5.74) is 2.44. The highest BCUT2D eigenvalue weighted by Gasteiger charge is 2.12. The van der Waals surface area contributed by atoms with Gasteiger partial charge in [-0.05, 0) is 48.4 Å². The molecule has 1 atom stereocenters. The SMILES string of the molecule is COCCS(=O)Cc1cccc(NC(=O)c2cc(C)cc(C(=O)O)c2)c1. The Labute approximate surface area is 154 Å². The molecule has 0 saturated heterocycles. The van der Waals surface area contributed by atoms with Crippen molar-refractivity contribution in [1.82, 2.24) is 0 Å². The van der Waals surface area contributed by atoms with E-state index in [1.165, 1.54) is 12.1 Å². The molecular weight excluding hydrogens is 354 g/mol. The Morgan fingerprint density at radius 1 is 1.15 bits per heavy atom. The fraction of sp³-hybridized carbons (Fsp3) is 0.263. The molecule has 6 nitrogen and oxygen atoms in total. The van der Waals surface area contributed by atoms with Gasteiger partial charge in [0.1, 0.15) is 0 Å². The van der Waals surface area contributed by atoms with Crippen molar-refractivity contribution in [1.29, 1.82) is 0 Å². The lowest BCUT2D eigenvalue weighted by Crippen LogP contribution is -2.13. The van der Waals surface area contributed by atoms with Crippen molar-refractivity contribution >= 4 is 28.4 Å². The van der Waals surface area contributed by atoms with Crippen molar-refractivity contribution in [3.63, 3.8) is 0 Å². The van der Waals surface area contributed by atoms with Gasteiger partial charge in [-0.3, -0.25) is 9.00 Å². The number of benzene rings is 2. The van der Waals surface area contributed by atoms with Gasteiger partial charge in [-0.1, -0.05) is 12.1 Å². The summed E-state index contributed by atoms with van der Waals surface area (Å²) in [6.45, 7) is 2.17. The van der Waals surface area contributed by atoms with Crippen molar-refractivity contribution in [3.05, 3.63) is 64.7 Å². The van der Waals surface area contributed by atoms with Gasteiger partial charge in [0.15, 0.2) is 0 Å². The monoisotopic (exact) mass is 375 g/mol. The van der Waals surface area contributed by atoms with Gasteiger partial charge in [-0.2, -0.15) is 0 Å². The second-order valence-electron chi connectivity index (χ2n) is 5.83. The molecule has 26 heavy (non-hydrogen) atoms. The molecule has 1 amide bonds. The molecule has 0 fully saturated rings. The second-order valence-corrected chi connectivity index (χ2v) is 7.41. The lowest BCUT2D eigenvalue weighted by molar-refractivity contribution is 0.0696. The van der Waals surface area contributed by atoms with E-state index in [0.717, 1.165) is 5.56 Å². The highest BCUT2D eigenvalue weighted by molar-refractivity contribution is 7.84. The quantitative estimate of drug-likeness (QED) is 0.740. The topological polar surface area (TPSA) is 92.7 Å². The highest BCUT2D eigenvalue weighted by Crippen LogP contribution is 2.16. The molecule has 0 aliphatic carbocycles. The average Bonchev–Trinajstić information content (AvgIpc) is 2.59. The number of methoxy groups -OCH3 is 1. The number of aryl methyl sites for hydroxylation is 1. The van der Waals surface area contributed by atoms with Gasteiger partial charge in [0.25, 0.3) is 5.91 Å². The van der Waals surface area contributed by atoms with E-state index in [9.17, 15) is 13.8 Å². The minimum atomic E-state index is -1.08. The molecule has 0 spiro atoms. The smallest absolute Gasteiger partial charge is 0.335 e. The van der Waals surface area contributed by atoms with Crippen molar-refractivity contribution in [2.24, 2.45) is 0 Å². The lowest BCUT2D eigenvalue weighted by Gasteiger charge is -2.09. The minimum Gasteiger partial charge on any atom is -0.478 e. The zero-order valence-corrected chi connectivity index (χ0v) is 15.5. The number of nitrogens with one attached hydrogen (secondary N) is 1. The van der Waals surface area contributed by atoms with E-state index in [-0.39, 0.29) is 11.1 Å². The molecule has 0 radical (unpaired) electrons. The number of aromatic carboxylic acids is 1. The molecule has 2 aromatic rings. The number of anilines is 1. The summed E-state index contributed by atoms with van der Waals surface area (Å²) in [6.07, 6.45) is 0. The highest BCUT2D eigenvalue weighted by atomic mass is 32.2. The predicted octanol–water partition coefficient (Wildman–Crippen LogP) is 2.84. The van der Waals surface area contributed by atoms with Gasteiger partial charge in [-0.15, -0.1) is 0 Å². The first-order valence-electron chi connectivity index (χ1n) is 7.98. The maximum absolute atomic E-state index is 12.4. The number of carbonyl (C=O) groups excluding carboxylic acids is 1. The zero-order chi connectivity index (χ0) is 19.1. The number of ether oxygens (including phenoxy) is 1. The standard InChI is InChI=1S/C19H21NO5S/c1-13-8-15(11-16(9-13)19(22)23)18(21)20-17-5-3-4-14(10-17)12-26(24)7-6-25-2/h3-5,8-11H,6-7,12H2,1-2H3,(H,20,21)(H,22,23). The van der Waals surface area contributed by atoms with Crippen LogP contribution in [0.5, 0.6) is 0 Å². The first-order chi connectivity index (χ1) is 12.4. The van der Waals surface area contributed by atoms with Crippen LogP contribution in [0.4, 0.5) is 5.69 Å². The van der Waals surface area contributed by atoms with E-state index >= 15 is 0 Å². The lowest BCUT2D eigenvalue weighted by atomic mass is 10.1. The number of hydrogen-bond acceptors (Lipinski definition) is 4. The van der Waals surface area contributed by atoms with E-state index < -0.39 is 22.7 Å². The molecule has 0 bridgehead atoms. The van der Waals surface area contributed by atoms with Crippen LogP contribution in [0.2, 0.25) is 0 Å². The summed E-state index contributed by atoms with van der Waals surface area (Å²) in [4.78, 5) is 23.6. The Balaban J connectivity index is 2.11. The van der Waals surface area contributed by atoms with Crippen LogP contribution >= 0.6 is 0 Å². The third-order valence-electron chi connectivity index (χ3n) is 3.61. The van der Waals surface area contributed by atoms with Crippen molar-refractivity contribution in [2.45, 2.75) is 12.7 Å². The molecule has 2 rings (SSSR count). The molecule has 0 aromatic heterocycles. The van der Waals surface area contributed by atoms with E-state index in [1.807, 2.05) is 6.07 Å². The molecule has 138 valence electrons. The normalized spacial score (nSPS) is 11.8. The molecule has 7 heteroatoms. The Morgan fingerprint density at radius 3 is 2.58 bits per heavy atom. The maximum atomic E-state index is 12.4. The first kappa shape index (κ1) is 19.8. The summed E-state index contributed by atoms with van der Waals surface area (Å²) in [5, 5.41) is 11.9. The Hall–Kier alpha value is -2.51. The summed E-state index contributed by atoms with van der Waals surface area (Å²) in [6, 6.07) is 11.6. The Kier molecular flexibility index (Phi) is 7.06. The van der Waals surface area contributed by atoms with E-state index in [2.05, 4.69) is 5.32 Å². The van der Waals surface area contributed by atoms with E-state index in [0.29, 0.717) is 29.4 Å². The van der Waals surface area contributed by atoms with Gasteiger partial charge in [0.05, 0.1) is 12.2 Å². The van der Waals surface area contributed by atoms with Gasteiger partial charge in [-0.25, -0.2) is 4.79 Å². The number of rotatable bonds is 8. The number of carboxylic acid groups (broad SMARTS) is 1. The minimum absolute atomic E-state index is 0.0671. The van der Waals surface area contributed by atoms with E-state index in [4.69, 9.17) is 9.84 Å². The fourth-order valence-electron chi connectivity index (χ4n) is 2.41. The van der Waals surface area contributed by atoms with Crippen LogP contribution in [0.15, 0.2) is 42.5 Å². The number of carbonyl (C=O) groups is 2. The van der Waals surface area contributed by atoms with Gasteiger partial charge in [0, 0.05) is 40.7 Å². The molecular formula is C19H21NO5S. The van der Waals surface area contributed by atoms with Crippen LogP contribution in [0.1, 0.15) is 31.8 Å². The van der Waals surface area contributed by atoms with Crippen LogP contribution in [-0.2, 0) is 21.3 Å². The largest absolute Gasteiger partial charge is 0.478 e. The third kappa shape index (κ3) is 5.79. The summed E-state index contributed by atoms with van der Waals surface area (Å²) < 4.78 is 16.9. The Bertz CT molecular complexity index is 834. The molecule has 0 saturated carbocycles. The van der Waals surface area contributed by atoms with Gasteiger partial charge >= 0.3 is 5.97 Å². The van der Waals surface area contributed by atoms with Crippen molar-refractivity contribution in [3.8, 4) is 0 Å². The Morgan fingerprint density at radius 2 is 1.88 bits per heavy atom. The van der Waals surface area contributed by atoms with Crippen LogP contribution in [0, 0.1) is 6.92 Å². The van der Waals surface area contributed by atoms with Crippen LogP contribution in [-0.4, -0.2) is 40.7 Å². The predicted molar refractivity (Wildman–Crippen MR) is 101 cm³/mol. The third-order valence-corrected chi connectivity index (χ3v) is 4.89. The average molecular weight is 375 g/mol. The van der Waals surface area contributed by atoms with Gasteiger partial charge < -0.3 is 15.2 Å². The zero-order valence-electron chi connectivity index (χ0n) is 14.7. The van der Waals surface area contributed by atoms with Crippen LogP contribution in [0.25, 0.3) is 0 Å². The molecule has 0 heterocycles. The summed E-state index contributed by atoms with van der Waals surface area (Å²) in [5.74, 6) is -0.646. The van der Waals surface area contributed by atoms with Crippen molar-refractivity contribution < 1.29 is 23.6 Å². The first-order valence-corrected chi connectivity index (χ1v) is 9.47. The molecule has 0 aliphatic heterocycles. The van der Waals surface area contributed by atoms with Crippen LogP contribution in [0.3, 0.4) is 0 Å².